The zero-order chi connectivity index (χ0) is 19.8. The molecule has 1 amide bonds. The minimum atomic E-state index is -0.215. The van der Waals surface area contributed by atoms with Crippen molar-refractivity contribution >= 4 is 38.7 Å². The van der Waals surface area contributed by atoms with Crippen LogP contribution < -0.4 is 14.8 Å². The Balaban J connectivity index is 1.58. The van der Waals surface area contributed by atoms with Crippen molar-refractivity contribution in [2.75, 3.05) is 18.5 Å². The third-order valence-corrected chi connectivity index (χ3v) is 4.91. The lowest BCUT2D eigenvalue weighted by Gasteiger charge is -2.04. The number of rotatable bonds is 9. The number of carbonyl (C=O) groups is 1. The average molecular weight is 397 g/mol. The number of fused-ring (bicyclic) bond motifs is 1. The highest BCUT2D eigenvalue weighted by atomic mass is 32.1. The van der Waals surface area contributed by atoms with Crippen molar-refractivity contribution in [1.29, 1.82) is 0 Å². The van der Waals surface area contributed by atoms with Gasteiger partial charge in [-0.3, -0.25) is 10.1 Å². The fraction of sp³-hybridized carbons (Fsp3) is 0.273. The molecular formula is C22H24N2O3S. The van der Waals surface area contributed by atoms with E-state index in [9.17, 15) is 4.79 Å². The number of anilines is 1. The molecule has 6 heteroatoms. The molecule has 0 radical (unpaired) electrons. The van der Waals surface area contributed by atoms with Gasteiger partial charge < -0.3 is 9.47 Å². The van der Waals surface area contributed by atoms with Crippen LogP contribution in [-0.4, -0.2) is 24.1 Å². The van der Waals surface area contributed by atoms with Gasteiger partial charge in [-0.05, 0) is 55.3 Å². The number of aromatic nitrogens is 1. The molecule has 0 aliphatic heterocycles. The summed E-state index contributed by atoms with van der Waals surface area (Å²) < 4.78 is 12.1. The van der Waals surface area contributed by atoms with E-state index in [-0.39, 0.29) is 5.91 Å². The van der Waals surface area contributed by atoms with Gasteiger partial charge in [0.15, 0.2) is 5.13 Å². The second kappa shape index (κ2) is 9.90. The molecule has 0 saturated heterocycles. The van der Waals surface area contributed by atoms with E-state index >= 15 is 0 Å². The molecule has 0 aliphatic carbocycles. The number of nitrogens with zero attached hydrogens (tertiary/aromatic N) is 1. The van der Waals surface area contributed by atoms with Gasteiger partial charge in [0.25, 0.3) is 0 Å². The summed E-state index contributed by atoms with van der Waals surface area (Å²) in [6, 6.07) is 13.4. The van der Waals surface area contributed by atoms with Crippen LogP contribution in [0.3, 0.4) is 0 Å². The summed E-state index contributed by atoms with van der Waals surface area (Å²) in [4.78, 5) is 16.6. The number of unbranched alkanes of at least 4 members (excludes halogenated alkanes) is 1. The van der Waals surface area contributed by atoms with Crippen molar-refractivity contribution in [2.45, 2.75) is 26.7 Å². The van der Waals surface area contributed by atoms with Gasteiger partial charge in [0.2, 0.25) is 5.91 Å². The third-order valence-electron chi connectivity index (χ3n) is 3.97. The molecule has 1 aromatic heterocycles. The SMILES string of the molecule is CCCCOc1ccc(/C=C/C(=O)Nc2nc3ccc(OCC)cc3s2)cc1. The summed E-state index contributed by atoms with van der Waals surface area (Å²) in [5.41, 5.74) is 1.77. The van der Waals surface area contributed by atoms with Crippen LogP contribution in [0.4, 0.5) is 5.13 Å². The summed E-state index contributed by atoms with van der Waals surface area (Å²) in [5, 5.41) is 3.38. The second-order valence-electron chi connectivity index (χ2n) is 6.18. The minimum absolute atomic E-state index is 0.215. The number of hydrogen-bond acceptors (Lipinski definition) is 5. The third kappa shape index (κ3) is 5.57. The first-order valence-corrected chi connectivity index (χ1v) is 10.2. The van der Waals surface area contributed by atoms with Gasteiger partial charge in [0.1, 0.15) is 11.5 Å². The summed E-state index contributed by atoms with van der Waals surface area (Å²) in [5.74, 6) is 1.43. The fourth-order valence-corrected chi connectivity index (χ4v) is 3.44. The molecule has 28 heavy (non-hydrogen) atoms. The van der Waals surface area contributed by atoms with Gasteiger partial charge in [0.05, 0.1) is 23.4 Å². The molecule has 0 unspecified atom stereocenters. The second-order valence-corrected chi connectivity index (χ2v) is 7.21. The Bertz CT molecular complexity index is 948. The monoisotopic (exact) mass is 396 g/mol. The molecule has 2 aromatic carbocycles. The number of ether oxygens (including phenoxy) is 2. The molecule has 0 saturated carbocycles. The number of carbonyl (C=O) groups excluding carboxylic acids is 1. The Hall–Kier alpha value is -2.86. The van der Waals surface area contributed by atoms with E-state index in [0.29, 0.717) is 11.7 Å². The first-order chi connectivity index (χ1) is 13.7. The lowest BCUT2D eigenvalue weighted by molar-refractivity contribution is -0.111. The first-order valence-electron chi connectivity index (χ1n) is 9.43. The molecule has 0 bridgehead atoms. The van der Waals surface area contributed by atoms with E-state index in [0.717, 1.165) is 46.7 Å². The number of thiazole rings is 1. The topological polar surface area (TPSA) is 60.5 Å². The van der Waals surface area contributed by atoms with Crippen molar-refractivity contribution in [1.82, 2.24) is 4.98 Å². The zero-order valence-electron chi connectivity index (χ0n) is 16.1. The Morgan fingerprint density at radius 1 is 1.11 bits per heavy atom. The molecule has 3 aromatic rings. The fourth-order valence-electron chi connectivity index (χ4n) is 2.54. The highest BCUT2D eigenvalue weighted by Gasteiger charge is 2.07. The van der Waals surface area contributed by atoms with Crippen molar-refractivity contribution in [3.8, 4) is 11.5 Å². The molecule has 5 nitrogen and oxygen atoms in total. The Morgan fingerprint density at radius 3 is 2.64 bits per heavy atom. The lowest BCUT2D eigenvalue weighted by atomic mass is 10.2. The molecular weight excluding hydrogens is 372 g/mol. The number of benzene rings is 2. The van der Waals surface area contributed by atoms with Gasteiger partial charge >= 0.3 is 0 Å². The van der Waals surface area contributed by atoms with Crippen LogP contribution in [0, 0.1) is 0 Å². The van der Waals surface area contributed by atoms with Gasteiger partial charge in [-0.15, -0.1) is 0 Å². The zero-order valence-corrected chi connectivity index (χ0v) is 16.9. The highest BCUT2D eigenvalue weighted by molar-refractivity contribution is 7.22. The first kappa shape index (κ1) is 19.9. The molecule has 0 atom stereocenters. The van der Waals surface area contributed by atoms with Crippen LogP contribution in [0.1, 0.15) is 32.3 Å². The predicted molar refractivity (Wildman–Crippen MR) is 115 cm³/mol. The maximum atomic E-state index is 12.2. The number of hydrogen-bond donors (Lipinski definition) is 1. The summed E-state index contributed by atoms with van der Waals surface area (Å²) in [7, 11) is 0. The van der Waals surface area contributed by atoms with Crippen LogP contribution in [0.2, 0.25) is 0 Å². The maximum absolute atomic E-state index is 12.2. The molecule has 1 heterocycles. The molecule has 0 fully saturated rings. The molecule has 3 rings (SSSR count). The standard InChI is InChI=1S/C22H24N2O3S/c1-3-5-14-27-17-9-6-16(7-10-17)8-13-21(25)24-22-23-19-12-11-18(26-4-2)15-20(19)28-22/h6-13,15H,3-5,14H2,1-2H3,(H,23,24,25)/b13-8+. The quantitative estimate of drug-likeness (QED) is 0.382. The van der Waals surface area contributed by atoms with E-state index in [1.807, 2.05) is 49.4 Å². The van der Waals surface area contributed by atoms with E-state index in [1.54, 1.807) is 6.08 Å². The van der Waals surface area contributed by atoms with Crippen LogP contribution in [0.25, 0.3) is 16.3 Å². The van der Waals surface area contributed by atoms with E-state index in [1.165, 1.54) is 17.4 Å². The predicted octanol–water partition coefficient (Wildman–Crippen LogP) is 5.53. The molecule has 146 valence electrons. The average Bonchev–Trinajstić information content (AvgIpc) is 3.09. The highest BCUT2D eigenvalue weighted by Crippen LogP contribution is 2.29. The Labute approximate surface area is 169 Å². The molecule has 0 spiro atoms. The van der Waals surface area contributed by atoms with Crippen molar-refractivity contribution < 1.29 is 14.3 Å². The summed E-state index contributed by atoms with van der Waals surface area (Å²) in [6.07, 6.45) is 5.43. The summed E-state index contributed by atoms with van der Waals surface area (Å²) >= 11 is 1.43. The summed E-state index contributed by atoms with van der Waals surface area (Å²) in [6.45, 7) is 5.42. The smallest absolute Gasteiger partial charge is 0.250 e. The Morgan fingerprint density at radius 2 is 1.89 bits per heavy atom. The van der Waals surface area contributed by atoms with Gasteiger partial charge in [-0.25, -0.2) is 4.98 Å². The van der Waals surface area contributed by atoms with Gasteiger partial charge in [-0.1, -0.05) is 36.8 Å². The molecule has 0 aliphatic rings. The van der Waals surface area contributed by atoms with Crippen molar-refractivity contribution in [3.63, 3.8) is 0 Å². The number of amides is 1. The van der Waals surface area contributed by atoms with Crippen LogP contribution in [0.5, 0.6) is 11.5 Å². The van der Waals surface area contributed by atoms with E-state index in [2.05, 4.69) is 17.2 Å². The lowest BCUT2D eigenvalue weighted by Crippen LogP contribution is -2.07. The van der Waals surface area contributed by atoms with Crippen LogP contribution in [0.15, 0.2) is 48.5 Å². The van der Waals surface area contributed by atoms with Crippen LogP contribution in [-0.2, 0) is 4.79 Å². The number of nitrogens with one attached hydrogen (secondary N) is 1. The normalized spacial score (nSPS) is 11.1. The van der Waals surface area contributed by atoms with E-state index in [4.69, 9.17) is 9.47 Å². The Kier molecular flexibility index (Phi) is 7.03. The van der Waals surface area contributed by atoms with Crippen LogP contribution >= 0.6 is 11.3 Å². The van der Waals surface area contributed by atoms with Crippen molar-refractivity contribution in [2.24, 2.45) is 0 Å². The largest absolute Gasteiger partial charge is 0.494 e. The van der Waals surface area contributed by atoms with Gasteiger partial charge in [-0.2, -0.15) is 0 Å². The van der Waals surface area contributed by atoms with Crippen molar-refractivity contribution in [3.05, 3.63) is 54.1 Å². The van der Waals surface area contributed by atoms with Gasteiger partial charge in [0, 0.05) is 6.08 Å². The minimum Gasteiger partial charge on any atom is -0.494 e. The maximum Gasteiger partial charge on any atom is 0.250 e. The van der Waals surface area contributed by atoms with E-state index < -0.39 is 0 Å². The molecule has 1 N–H and O–H groups in total.